The van der Waals surface area contributed by atoms with Crippen LogP contribution in [-0.2, 0) is 4.79 Å². The first-order valence-corrected chi connectivity index (χ1v) is 10.8. The van der Waals surface area contributed by atoms with Gasteiger partial charge >= 0.3 is 6.03 Å². The molecule has 3 fully saturated rings. The summed E-state index contributed by atoms with van der Waals surface area (Å²) in [6, 6.07) is 3.93. The number of urea groups is 1. The van der Waals surface area contributed by atoms with Crippen LogP contribution in [-0.4, -0.2) is 72.7 Å². The molecule has 3 aliphatic heterocycles. The molecule has 0 aliphatic carbocycles. The normalized spacial score (nSPS) is 26.3. The summed E-state index contributed by atoms with van der Waals surface area (Å²) >= 11 is 5.93. The highest BCUT2D eigenvalue weighted by Gasteiger charge is 2.40. The van der Waals surface area contributed by atoms with E-state index < -0.39 is 11.5 Å². The molecule has 0 aromatic heterocycles. The quantitative estimate of drug-likeness (QED) is 0.783. The van der Waals surface area contributed by atoms with Crippen LogP contribution in [0.2, 0.25) is 5.02 Å². The maximum absolute atomic E-state index is 15.2. The van der Waals surface area contributed by atoms with E-state index in [0.29, 0.717) is 45.2 Å². The molecule has 1 N–H and O–H groups in total. The van der Waals surface area contributed by atoms with Crippen molar-refractivity contribution in [2.75, 3.05) is 39.3 Å². The number of hydrogen-bond donors (Lipinski definition) is 1. The van der Waals surface area contributed by atoms with Crippen LogP contribution in [0.15, 0.2) is 18.2 Å². The van der Waals surface area contributed by atoms with Gasteiger partial charge in [0.15, 0.2) is 0 Å². The highest BCUT2D eigenvalue weighted by Crippen LogP contribution is 2.32. The van der Waals surface area contributed by atoms with Gasteiger partial charge in [0.1, 0.15) is 29.6 Å². The molecule has 0 bridgehead atoms. The molecule has 0 radical (unpaired) electrons. The van der Waals surface area contributed by atoms with E-state index in [0.717, 1.165) is 12.5 Å². The minimum absolute atomic E-state index is 0.0870. The van der Waals surface area contributed by atoms with Crippen LogP contribution in [0.4, 0.5) is 13.6 Å². The van der Waals surface area contributed by atoms with Crippen LogP contribution >= 0.6 is 11.6 Å². The molecule has 1 aromatic carbocycles. The predicted molar refractivity (Wildman–Crippen MR) is 108 cm³/mol. The zero-order valence-corrected chi connectivity index (χ0v) is 17.5. The molecule has 3 heterocycles. The van der Waals surface area contributed by atoms with Crippen LogP contribution in [0.1, 0.15) is 25.7 Å². The van der Waals surface area contributed by atoms with Crippen molar-refractivity contribution in [1.82, 2.24) is 15.1 Å². The third-order valence-corrected chi connectivity index (χ3v) is 6.66. The molecule has 0 saturated carbocycles. The third kappa shape index (κ3) is 4.70. The first-order chi connectivity index (χ1) is 14.3. The molecular weight excluding hydrogens is 416 g/mol. The fourth-order valence-corrected chi connectivity index (χ4v) is 4.76. The van der Waals surface area contributed by atoms with Crippen molar-refractivity contribution >= 4 is 23.4 Å². The number of Topliss-reactive ketones (excluding diaryl/α,β-unsaturated/α-hetero) is 1. The fourth-order valence-electron chi connectivity index (χ4n) is 4.53. The smallest absolute Gasteiger partial charge is 0.320 e. The van der Waals surface area contributed by atoms with Gasteiger partial charge in [0, 0.05) is 51.5 Å². The minimum Gasteiger partial charge on any atom is -0.489 e. The second-order valence-corrected chi connectivity index (χ2v) is 8.92. The fraction of sp³-hybridized carbons (Fsp3) is 0.619. The van der Waals surface area contributed by atoms with E-state index in [4.69, 9.17) is 16.3 Å². The number of nitrogens with one attached hydrogen (secondary N) is 1. The molecule has 9 heteroatoms. The number of nitrogens with zero attached hydrogens (tertiary/aromatic N) is 2. The maximum Gasteiger partial charge on any atom is 0.320 e. The van der Waals surface area contributed by atoms with Crippen molar-refractivity contribution in [1.29, 1.82) is 0 Å². The largest absolute Gasteiger partial charge is 0.489 e. The van der Waals surface area contributed by atoms with Gasteiger partial charge in [-0.25, -0.2) is 13.6 Å². The van der Waals surface area contributed by atoms with E-state index in [9.17, 15) is 14.0 Å². The number of alkyl halides is 1. The first kappa shape index (κ1) is 21.3. The number of rotatable bonds is 3. The Bertz CT molecular complexity index is 817. The van der Waals surface area contributed by atoms with E-state index in [2.05, 4.69) is 5.32 Å². The van der Waals surface area contributed by atoms with Crippen LogP contribution in [0, 0.1) is 11.7 Å². The summed E-state index contributed by atoms with van der Waals surface area (Å²) in [7, 11) is 0. The summed E-state index contributed by atoms with van der Waals surface area (Å²) < 4.78 is 33.8. The van der Waals surface area contributed by atoms with E-state index in [1.165, 1.54) is 12.1 Å². The monoisotopic (exact) mass is 441 g/mol. The number of piperidine rings is 3. The zero-order valence-electron chi connectivity index (χ0n) is 16.7. The number of fused-ring (bicyclic) bond motifs is 1. The summed E-state index contributed by atoms with van der Waals surface area (Å²) in [5.74, 6) is 0.105. The Kier molecular flexibility index (Phi) is 6.16. The van der Waals surface area contributed by atoms with Crippen molar-refractivity contribution in [3.63, 3.8) is 0 Å². The maximum atomic E-state index is 15.2. The number of amides is 2. The van der Waals surface area contributed by atoms with Crippen LogP contribution in [0.3, 0.4) is 0 Å². The van der Waals surface area contributed by atoms with Crippen molar-refractivity contribution in [3.05, 3.63) is 29.0 Å². The Morgan fingerprint density at radius 2 is 2.03 bits per heavy atom. The Morgan fingerprint density at radius 3 is 2.77 bits per heavy atom. The molecule has 4 rings (SSSR count). The highest BCUT2D eigenvalue weighted by molar-refractivity contribution is 6.32. The molecule has 2 amide bonds. The molecule has 30 heavy (non-hydrogen) atoms. The lowest BCUT2D eigenvalue weighted by Gasteiger charge is -2.44. The minimum atomic E-state index is -1.57. The van der Waals surface area contributed by atoms with Gasteiger partial charge in [-0.3, -0.25) is 4.79 Å². The molecule has 3 saturated heterocycles. The van der Waals surface area contributed by atoms with Crippen molar-refractivity contribution in [2.24, 2.45) is 5.92 Å². The number of likely N-dealkylation sites (tertiary alicyclic amines) is 2. The van der Waals surface area contributed by atoms with Crippen LogP contribution < -0.4 is 10.1 Å². The molecule has 6 nitrogen and oxygen atoms in total. The van der Waals surface area contributed by atoms with Crippen molar-refractivity contribution in [3.8, 4) is 5.75 Å². The molecular formula is C21H26ClF2N3O3. The molecule has 164 valence electrons. The van der Waals surface area contributed by atoms with Gasteiger partial charge in [0.2, 0.25) is 0 Å². The van der Waals surface area contributed by atoms with Gasteiger partial charge < -0.3 is 19.9 Å². The average molecular weight is 442 g/mol. The van der Waals surface area contributed by atoms with Gasteiger partial charge in [-0.2, -0.15) is 0 Å². The molecule has 3 aliphatic rings. The summed E-state index contributed by atoms with van der Waals surface area (Å²) in [6.07, 6.45) is 1.67. The predicted octanol–water partition coefficient (Wildman–Crippen LogP) is 3.03. The van der Waals surface area contributed by atoms with Crippen LogP contribution in [0.25, 0.3) is 0 Å². The Morgan fingerprint density at radius 1 is 1.27 bits per heavy atom. The lowest BCUT2D eigenvalue weighted by atomic mass is 9.85. The number of hydrogen-bond acceptors (Lipinski definition) is 4. The van der Waals surface area contributed by atoms with E-state index in [1.807, 2.05) is 0 Å². The number of ether oxygens (including phenoxy) is 1. The SMILES string of the molecule is O=C1CN[C@H]2CCN(C(=O)N3CCC(F)(COc4ccc(F)cc4Cl)CC3)C[C@H]2C1. The number of benzene rings is 1. The first-order valence-electron chi connectivity index (χ1n) is 10.4. The molecule has 2 atom stereocenters. The standard InChI is InChI=1S/C21H26ClF2N3O3/c22-17-10-15(23)1-2-19(17)30-13-21(24)4-7-26(8-5-21)20(29)27-6-3-18-14(12-27)9-16(28)11-25-18/h1-2,10,14,18,25H,3-9,11-13H2/t14-,18+/m1/s1. The van der Waals surface area contributed by atoms with Gasteiger partial charge in [-0.1, -0.05) is 11.6 Å². The number of carbonyl (C=O) groups excluding carboxylic acids is 2. The number of ketones is 1. The molecule has 0 unspecified atom stereocenters. The van der Waals surface area contributed by atoms with Crippen molar-refractivity contribution in [2.45, 2.75) is 37.4 Å². The average Bonchev–Trinajstić information content (AvgIpc) is 2.72. The van der Waals surface area contributed by atoms with E-state index in [-0.39, 0.29) is 48.0 Å². The number of halogens is 3. The lowest BCUT2D eigenvalue weighted by Crippen LogP contribution is -2.58. The van der Waals surface area contributed by atoms with Gasteiger partial charge in [-0.05, 0) is 30.5 Å². The van der Waals surface area contributed by atoms with Crippen LogP contribution in [0.5, 0.6) is 5.75 Å². The zero-order chi connectivity index (χ0) is 21.3. The summed E-state index contributed by atoms with van der Waals surface area (Å²) in [6.45, 7) is 2.04. The molecule has 1 aromatic rings. The second kappa shape index (κ2) is 8.67. The Labute approximate surface area is 179 Å². The highest BCUT2D eigenvalue weighted by atomic mass is 35.5. The topological polar surface area (TPSA) is 61.9 Å². The Balaban J connectivity index is 1.28. The number of carbonyl (C=O) groups is 2. The third-order valence-electron chi connectivity index (χ3n) is 6.37. The van der Waals surface area contributed by atoms with Gasteiger partial charge in [0.05, 0.1) is 11.6 Å². The van der Waals surface area contributed by atoms with Crippen molar-refractivity contribution < 1.29 is 23.1 Å². The molecule has 0 spiro atoms. The summed E-state index contributed by atoms with van der Waals surface area (Å²) in [5.41, 5.74) is -1.57. The second-order valence-electron chi connectivity index (χ2n) is 8.51. The summed E-state index contributed by atoms with van der Waals surface area (Å²) in [5, 5.41) is 3.36. The van der Waals surface area contributed by atoms with E-state index in [1.54, 1.807) is 9.80 Å². The summed E-state index contributed by atoms with van der Waals surface area (Å²) in [4.78, 5) is 28.1. The van der Waals surface area contributed by atoms with Gasteiger partial charge in [-0.15, -0.1) is 0 Å². The Hall–Kier alpha value is -1.93. The lowest BCUT2D eigenvalue weighted by molar-refractivity contribution is -0.122. The van der Waals surface area contributed by atoms with Gasteiger partial charge in [0.25, 0.3) is 0 Å². The van der Waals surface area contributed by atoms with E-state index >= 15 is 4.39 Å².